The summed E-state index contributed by atoms with van der Waals surface area (Å²) in [5.74, 6) is 0. The first kappa shape index (κ1) is 15.6. The van der Waals surface area contributed by atoms with Crippen LogP contribution in [0.3, 0.4) is 0 Å². The van der Waals surface area contributed by atoms with Crippen molar-refractivity contribution in [1.29, 1.82) is 0 Å². The van der Waals surface area contributed by atoms with Crippen LogP contribution < -0.4 is 10.6 Å². The highest BCUT2D eigenvalue weighted by Crippen LogP contribution is 2.26. The number of ether oxygens (including phenoxy) is 1. The van der Waals surface area contributed by atoms with Crippen LogP contribution in [0.2, 0.25) is 0 Å². The minimum atomic E-state index is -0.346. The van der Waals surface area contributed by atoms with Crippen molar-refractivity contribution >= 4 is 22.7 Å². The number of hydrogen-bond acceptors (Lipinski definition) is 3. The average Bonchev–Trinajstić information content (AvgIpc) is 3.07. The molecule has 5 nitrogen and oxygen atoms in total. The van der Waals surface area contributed by atoms with Crippen molar-refractivity contribution in [3.63, 3.8) is 0 Å². The molecule has 1 heterocycles. The first-order chi connectivity index (χ1) is 12.3. The van der Waals surface area contributed by atoms with Crippen LogP contribution in [0.15, 0.2) is 60.8 Å². The van der Waals surface area contributed by atoms with E-state index in [4.69, 9.17) is 4.74 Å². The van der Waals surface area contributed by atoms with Crippen molar-refractivity contribution in [3.05, 3.63) is 66.4 Å². The number of benzene rings is 2. The molecule has 0 spiro atoms. The van der Waals surface area contributed by atoms with E-state index in [0.717, 1.165) is 29.6 Å². The maximum atomic E-state index is 11.8. The Kier molecular flexibility index (Phi) is 4.29. The number of H-pyrrole nitrogens is 1. The number of amides is 1. The van der Waals surface area contributed by atoms with Crippen LogP contribution >= 0.6 is 0 Å². The van der Waals surface area contributed by atoms with Crippen LogP contribution in [-0.2, 0) is 11.3 Å². The van der Waals surface area contributed by atoms with Crippen molar-refractivity contribution in [2.24, 2.45) is 0 Å². The Hall–Kier alpha value is -2.95. The minimum Gasteiger partial charge on any atom is -0.445 e. The number of alkyl carbamates (subject to hydrolysis) is 1. The molecule has 25 heavy (non-hydrogen) atoms. The first-order valence-electron chi connectivity index (χ1n) is 8.57. The average molecular weight is 335 g/mol. The van der Waals surface area contributed by atoms with Gasteiger partial charge in [0.15, 0.2) is 0 Å². The van der Waals surface area contributed by atoms with Gasteiger partial charge in [-0.2, -0.15) is 0 Å². The van der Waals surface area contributed by atoms with E-state index < -0.39 is 0 Å². The van der Waals surface area contributed by atoms with Gasteiger partial charge in [-0.1, -0.05) is 30.3 Å². The maximum absolute atomic E-state index is 11.8. The maximum Gasteiger partial charge on any atom is 0.407 e. The van der Waals surface area contributed by atoms with E-state index in [9.17, 15) is 4.79 Å². The van der Waals surface area contributed by atoms with Crippen molar-refractivity contribution in [1.82, 2.24) is 10.3 Å². The molecule has 1 fully saturated rings. The Bertz CT molecular complexity index is 854. The fourth-order valence-electron chi connectivity index (χ4n) is 3.16. The van der Waals surface area contributed by atoms with Crippen molar-refractivity contribution in [2.75, 3.05) is 5.32 Å². The molecule has 0 saturated heterocycles. The van der Waals surface area contributed by atoms with Gasteiger partial charge in [-0.25, -0.2) is 4.79 Å². The summed E-state index contributed by atoms with van der Waals surface area (Å²) in [5, 5.41) is 7.63. The smallest absolute Gasteiger partial charge is 0.407 e. The number of carbonyl (C=O) groups excluding carboxylic acids is 1. The highest BCUT2D eigenvalue weighted by atomic mass is 16.5. The molecular formula is C20H21N3O2. The Morgan fingerprint density at radius 1 is 1.08 bits per heavy atom. The summed E-state index contributed by atoms with van der Waals surface area (Å²) in [7, 11) is 0. The van der Waals surface area contributed by atoms with Crippen molar-refractivity contribution < 1.29 is 9.53 Å². The fraction of sp³-hybridized carbons (Fsp3) is 0.250. The quantitative estimate of drug-likeness (QED) is 0.659. The molecule has 0 radical (unpaired) electrons. The van der Waals surface area contributed by atoms with Crippen molar-refractivity contribution in [3.8, 4) is 0 Å². The Morgan fingerprint density at radius 2 is 1.92 bits per heavy atom. The zero-order chi connectivity index (χ0) is 17.1. The number of aromatic amines is 1. The monoisotopic (exact) mass is 335 g/mol. The highest BCUT2D eigenvalue weighted by Gasteiger charge is 2.30. The molecule has 128 valence electrons. The second-order valence-corrected chi connectivity index (χ2v) is 6.50. The third kappa shape index (κ3) is 3.76. The van der Waals surface area contributed by atoms with E-state index in [1.807, 2.05) is 36.5 Å². The number of hydrogen-bond donors (Lipinski definition) is 3. The highest BCUT2D eigenvalue weighted by molar-refractivity contribution is 5.83. The van der Waals surface area contributed by atoms with E-state index in [1.54, 1.807) is 0 Å². The summed E-state index contributed by atoms with van der Waals surface area (Å²) < 4.78 is 5.25. The summed E-state index contributed by atoms with van der Waals surface area (Å²) in [4.78, 5) is 15.0. The van der Waals surface area contributed by atoms with E-state index in [2.05, 4.69) is 39.9 Å². The normalized spacial score (nSPS) is 19.2. The largest absolute Gasteiger partial charge is 0.445 e. The summed E-state index contributed by atoms with van der Waals surface area (Å²) >= 11 is 0. The summed E-state index contributed by atoms with van der Waals surface area (Å²) in [6, 6.07) is 18.6. The van der Waals surface area contributed by atoms with Gasteiger partial charge in [0.2, 0.25) is 0 Å². The zero-order valence-corrected chi connectivity index (χ0v) is 13.9. The predicted molar refractivity (Wildman–Crippen MR) is 98.5 cm³/mol. The van der Waals surface area contributed by atoms with Crippen molar-refractivity contribution in [2.45, 2.75) is 31.5 Å². The lowest BCUT2D eigenvalue weighted by Crippen LogP contribution is -2.49. The Balaban J connectivity index is 1.20. The van der Waals surface area contributed by atoms with E-state index in [-0.39, 0.29) is 12.1 Å². The molecule has 1 amide bonds. The number of rotatable bonds is 5. The topological polar surface area (TPSA) is 66.2 Å². The van der Waals surface area contributed by atoms with Crippen LogP contribution in [0.1, 0.15) is 18.4 Å². The van der Waals surface area contributed by atoms with Gasteiger partial charge in [0.1, 0.15) is 6.61 Å². The second kappa shape index (κ2) is 6.89. The lowest BCUT2D eigenvalue weighted by molar-refractivity contribution is 0.129. The van der Waals surface area contributed by atoms with Gasteiger partial charge in [0.25, 0.3) is 0 Å². The Labute approximate surface area is 146 Å². The molecule has 0 unspecified atom stereocenters. The standard InChI is InChI=1S/C20H21N3O2/c24-20(25-13-14-4-2-1-3-5-14)23-18-11-17(12-18)22-16-6-7-19-15(10-16)8-9-21-19/h1-10,17-18,21-22H,11-13H2,(H,23,24). The molecule has 0 bridgehead atoms. The molecule has 3 N–H and O–H groups in total. The SMILES string of the molecule is O=C(NC1CC(Nc2ccc3[nH]ccc3c2)C1)OCc1ccccc1. The number of fused-ring (bicyclic) bond motifs is 1. The van der Waals surface area contributed by atoms with Crippen LogP contribution in [0.25, 0.3) is 10.9 Å². The molecule has 1 aliphatic carbocycles. The zero-order valence-electron chi connectivity index (χ0n) is 13.9. The van der Waals surface area contributed by atoms with Crippen LogP contribution in [0.5, 0.6) is 0 Å². The molecular weight excluding hydrogens is 314 g/mol. The third-order valence-electron chi connectivity index (χ3n) is 4.60. The van der Waals surface area contributed by atoms with Gasteiger partial charge in [-0.3, -0.25) is 0 Å². The van der Waals surface area contributed by atoms with Gasteiger partial charge < -0.3 is 20.4 Å². The molecule has 3 aromatic rings. The molecule has 2 aromatic carbocycles. The molecule has 1 aromatic heterocycles. The first-order valence-corrected chi connectivity index (χ1v) is 8.57. The molecule has 4 rings (SSSR count). The van der Waals surface area contributed by atoms with Crippen LogP contribution in [-0.4, -0.2) is 23.2 Å². The van der Waals surface area contributed by atoms with Gasteiger partial charge in [-0.05, 0) is 42.7 Å². The van der Waals surface area contributed by atoms with Gasteiger partial charge in [-0.15, -0.1) is 0 Å². The number of aromatic nitrogens is 1. The molecule has 0 atom stereocenters. The molecule has 0 aliphatic heterocycles. The minimum absolute atomic E-state index is 0.178. The van der Waals surface area contributed by atoms with Gasteiger partial charge >= 0.3 is 6.09 Å². The molecule has 1 saturated carbocycles. The van der Waals surface area contributed by atoms with E-state index in [1.165, 1.54) is 5.39 Å². The predicted octanol–water partition coefficient (Wildman–Crippen LogP) is 4.04. The lowest BCUT2D eigenvalue weighted by atomic mass is 9.86. The molecule has 1 aliphatic rings. The second-order valence-electron chi connectivity index (χ2n) is 6.50. The third-order valence-corrected chi connectivity index (χ3v) is 4.60. The number of anilines is 1. The van der Waals surface area contributed by atoms with E-state index >= 15 is 0 Å². The van der Waals surface area contributed by atoms with Gasteiger partial charge in [0, 0.05) is 34.9 Å². The fourth-order valence-corrected chi connectivity index (χ4v) is 3.16. The Morgan fingerprint density at radius 3 is 2.76 bits per heavy atom. The van der Waals surface area contributed by atoms with Crippen LogP contribution in [0, 0.1) is 0 Å². The van der Waals surface area contributed by atoms with Crippen LogP contribution in [0.4, 0.5) is 10.5 Å². The number of nitrogens with one attached hydrogen (secondary N) is 3. The van der Waals surface area contributed by atoms with Gasteiger partial charge in [0.05, 0.1) is 0 Å². The van der Waals surface area contributed by atoms with E-state index in [0.29, 0.717) is 12.6 Å². The summed E-state index contributed by atoms with van der Waals surface area (Å²) in [6.45, 7) is 0.303. The summed E-state index contributed by atoms with van der Waals surface area (Å²) in [6.07, 6.45) is 3.41. The lowest BCUT2D eigenvalue weighted by Gasteiger charge is -2.36. The molecule has 5 heteroatoms. The summed E-state index contributed by atoms with van der Waals surface area (Å²) in [5.41, 5.74) is 3.24. The number of carbonyl (C=O) groups is 1.